The van der Waals surface area contributed by atoms with Crippen molar-refractivity contribution in [1.82, 2.24) is 4.98 Å². The number of H-pyrrole nitrogens is 1. The van der Waals surface area contributed by atoms with E-state index in [0.29, 0.717) is 15.9 Å². The molecule has 2 aromatic carbocycles. The first-order valence-electron chi connectivity index (χ1n) is 7.91. The summed E-state index contributed by atoms with van der Waals surface area (Å²) in [6, 6.07) is 8.60. The highest BCUT2D eigenvalue weighted by Gasteiger charge is 2.27. The Morgan fingerprint density at radius 3 is 2.48 bits per heavy atom. The van der Waals surface area contributed by atoms with Crippen molar-refractivity contribution in [2.75, 3.05) is 5.32 Å². The summed E-state index contributed by atoms with van der Waals surface area (Å²) in [4.78, 5) is 38.6. The van der Waals surface area contributed by atoms with Crippen molar-refractivity contribution in [2.24, 2.45) is 0 Å². The van der Waals surface area contributed by atoms with Crippen LogP contribution in [0.4, 0.5) is 11.4 Å². The lowest BCUT2D eigenvalue weighted by molar-refractivity contribution is -0.385. The van der Waals surface area contributed by atoms with Crippen molar-refractivity contribution >= 4 is 57.2 Å². The first-order chi connectivity index (χ1) is 12.8. The molecule has 0 aliphatic heterocycles. The fourth-order valence-corrected chi connectivity index (χ4v) is 3.03. The van der Waals surface area contributed by atoms with E-state index in [1.807, 2.05) is 0 Å². The molecule has 3 aromatic rings. The van der Waals surface area contributed by atoms with Gasteiger partial charge >= 0.3 is 0 Å². The largest absolute Gasteiger partial charge is 0.350 e. The van der Waals surface area contributed by atoms with Gasteiger partial charge in [-0.25, -0.2) is 0 Å². The van der Waals surface area contributed by atoms with E-state index >= 15 is 0 Å². The molecular weight excluding hydrogens is 393 g/mol. The Labute approximate surface area is 163 Å². The van der Waals surface area contributed by atoms with Gasteiger partial charge in [0.15, 0.2) is 0 Å². The molecule has 0 aliphatic rings. The minimum absolute atomic E-state index is 0.0134. The first-order valence-corrected chi connectivity index (χ1v) is 8.67. The lowest BCUT2D eigenvalue weighted by atomic mass is 10.0. The van der Waals surface area contributed by atoms with Crippen LogP contribution in [0.25, 0.3) is 10.9 Å². The molecule has 0 unspecified atom stereocenters. The highest BCUT2D eigenvalue weighted by atomic mass is 35.5. The predicted octanol–water partition coefficient (Wildman–Crippen LogP) is 4.96. The van der Waals surface area contributed by atoms with E-state index in [-0.39, 0.29) is 40.0 Å². The number of amides is 1. The van der Waals surface area contributed by atoms with Gasteiger partial charge in [0.05, 0.1) is 10.6 Å². The third kappa shape index (κ3) is 3.65. The summed E-state index contributed by atoms with van der Waals surface area (Å²) in [5.41, 5.74) is 0.208. The van der Waals surface area contributed by atoms with Gasteiger partial charge in [0.2, 0.25) is 11.7 Å². The fourth-order valence-electron chi connectivity index (χ4n) is 2.68. The number of nitro benzene ring substituents is 1. The molecule has 27 heavy (non-hydrogen) atoms. The van der Waals surface area contributed by atoms with E-state index < -0.39 is 10.7 Å². The maximum atomic E-state index is 13.1. The summed E-state index contributed by atoms with van der Waals surface area (Å²) < 4.78 is 0. The molecule has 1 heterocycles. The number of carbonyl (C=O) groups excluding carboxylic acids is 2. The van der Waals surface area contributed by atoms with E-state index in [4.69, 9.17) is 23.2 Å². The van der Waals surface area contributed by atoms with Crippen molar-refractivity contribution in [3.8, 4) is 0 Å². The molecular formula is C18H13Cl2N3O4. The number of fused-ring (bicyclic) bond motifs is 1. The number of hydrogen-bond acceptors (Lipinski definition) is 4. The van der Waals surface area contributed by atoms with E-state index in [1.165, 1.54) is 18.2 Å². The summed E-state index contributed by atoms with van der Waals surface area (Å²) in [6.45, 7) is 1.67. The number of carbonyl (C=O) groups is 2. The molecule has 7 nitrogen and oxygen atoms in total. The van der Waals surface area contributed by atoms with Crippen LogP contribution in [0.2, 0.25) is 10.0 Å². The lowest BCUT2D eigenvalue weighted by Gasteiger charge is -2.07. The average molecular weight is 406 g/mol. The number of aromatic amines is 1. The summed E-state index contributed by atoms with van der Waals surface area (Å²) >= 11 is 11.9. The summed E-state index contributed by atoms with van der Waals surface area (Å²) in [6.07, 6.45) is 0.200. The van der Waals surface area contributed by atoms with Crippen molar-refractivity contribution in [3.05, 3.63) is 67.8 Å². The summed E-state index contributed by atoms with van der Waals surface area (Å²) in [5, 5.41) is 15.2. The number of rotatable bonds is 5. The molecule has 0 bridgehead atoms. The normalized spacial score (nSPS) is 10.8. The summed E-state index contributed by atoms with van der Waals surface area (Å²) in [5.74, 6) is -0.969. The molecule has 0 atom stereocenters. The molecule has 1 amide bonds. The predicted molar refractivity (Wildman–Crippen MR) is 104 cm³/mol. The third-order valence-electron chi connectivity index (χ3n) is 3.97. The van der Waals surface area contributed by atoms with Gasteiger partial charge in [-0.15, -0.1) is 0 Å². The van der Waals surface area contributed by atoms with E-state index in [9.17, 15) is 19.7 Å². The Morgan fingerprint density at radius 2 is 1.81 bits per heavy atom. The number of anilines is 1. The molecule has 0 spiro atoms. The second-order valence-electron chi connectivity index (χ2n) is 5.71. The zero-order chi connectivity index (χ0) is 19.7. The Balaban J connectivity index is 2.23. The molecule has 3 rings (SSSR count). The van der Waals surface area contributed by atoms with Crippen LogP contribution in [-0.2, 0) is 4.79 Å². The molecule has 0 fully saturated rings. The Bertz CT molecular complexity index is 1090. The van der Waals surface area contributed by atoms with Gasteiger partial charge in [-0.3, -0.25) is 19.7 Å². The maximum absolute atomic E-state index is 13.1. The Morgan fingerprint density at radius 1 is 1.15 bits per heavy atom. The van der Waals surface area contributed by atoms with Gasteiger partial charge in [0.1, 0.15) is 11.3 Å². The fraction of sp³-hybridized carbons (Fsp3) is 0.111. The van der Waals surface area contributed by atoms with Gasteiger partial charge in [-0.05, 0) is 30.3 Å². The molecule has 0 saturated carbocycles. The van der Waals surface area contributed by atoms with Gasteiger partial charge < -0.3 is 10.3 Å². The molecule has 9 heteroatoms. The van der Waals surface area contributed by atoms with E-state index in [2.05, 4.69) is 10.3 Å². The average Bonchev–Trinajstić information content (AvgIpc) is 2.97. The van der Waals surface area contributed by atoms with E-state index in [1.54, 1.807) is 25.1 Å². The quantitative estimate of drug-likeness (QED) is 0.355. The van der Waals surface area contributed by atoms with Crippen LogP contribution in [0, 0.1) is 10.1 Å². The van der Waals surface area contributed by atoms with Crippen LogP contribution in [0.15, 0.2) is 36.4 Å². The van der Waals surface area contributed by atoms with Crippen molar-refractivity contribution in [1.29, 1.82) is 0 Å². The second-order valence-corrected chi connectivity index (χ2v) is 6.59. The topological polar surface area (TPSA) is 105 Å². The van der Waals surface area contributed by atoms with E-state index in [0.717, 1.165) is 0 Å². The zero-order valence-corrected chi connectivity index (χ0v) is 15.5. The Hall–Kier alpha value is -2.90. The molecule has 138 valence electrons. The minimum atomic E-state index is -0.664. The smallest absolute Gasteiger partial charge is 0.280 e. The van der Waals surface area contributed by atoms with Crippen LogP contribution in [-0.4, -0.2) is 21.6 Å². The number of nitro groups is 1. The highest BCUT2D eigenvalue weighted by Crippen LogP contribution is 2.33. The molecule has 0 radical (unpaired) electrons. The number of nitrogens with zero attached hydrogens (tertiary/aromatic N) is 1. The standard InChI is InChI=1S/C18H13Cl2N3O4/c1-2-15(24)22-16-11-5-3-10(20)8-13(11)21-17(16)18(25)12-7-9(19)4-6-14(12)23(26)27/h3-8,21H,2H2,1H3,(H,22,24). The van der Waals surface area contributed by atoms with Gasteiger partial charge in [0.25, 0.3) is 5.69 Å². The number of aromatic nitrogens is 1. The Kier molecular flexibility index (Phi) is 5.16. The number of nitrogens with one attached hydrogen (secondary N) is 2. The highest BCUT2D eigenvalue weighted by molar-refractivity contribution is 6.32. The zero-order valence-electron chi connectivity index (χ0n) is 14.0. The molecule has 0 saturated heterocycles. The van der Waals surface area contributed by atoms with Crippen molar-refractivity contribution in [3.63, 3.8) is 0 Å². The molecule has 1 aromatic heterocycles. The third-order valence-corrected chi connectivity index (χ3v) is 4.44. The van der Waals surface area contributed by atoms with Crippen molar-refractivity contribution in [2.45, 2.75) is 13.3 Å². The van der Waals surface area contributed by atoms with Crippen LogP contribution < -0.4 is 5.32 Å². The first kappa shape index (κ1) is 18.9. The lowest BCUT2D eigenvalue weighted by Crippen LogP contribution is -2.14. The number of halogens is 2. The number of hydrogen-bond donors (Lipinski definition) is 2. The monoisotopic (exact) mass is 405 g/mol. The van der Waals surface area contributed by atoms with Crippen LogP contribution >= 0.6 is 23.2 Å². The summed E-state index contributed by atoms with van der Waals surface area (Å²) in [7, 11) is 0. The van der Waals surface area contributed by atoms with Crippen LogP contribution in [0.3, 0.4) is 0 Å². The molecule has 2 N–H and O–H groups in total. The van der Waals surface area contributed by atoms with Gasteiger partial charge in [0, 0.05) is 33.4 Å². The van der Waals surface area contributed by atoms with Gasteiger partial charge in [-0.2, -0.15) is 0 Å². The molecule has 0 aliphatic carbocycles. The number of ketones is 1. The minimum Gasteiger partial charge on any atom is -0.350 e. The second kappa shape index (κ2) is 7.38. The van der Waals surface area contributed by atoms with Crippen molar-refractivity contribution < 1.29 is 14.5 Å². The SMILES string of the molecule is CCC(=O)Nc1c(C(=O)c2cc(Cl)ccc2[N+](=O)[O-])[nH]c2cc(Cl)ccc12. The van der Waals surface area contributed by atoms with Crippen LogP contribution in [0.1, 0.15) is 29.4 Å². The number of benzene rings is 2. The maximum Gasteiger partial charge on any atom is 0.280 e. The van der Waals surface area contributed by atoms with Crippen LogP contribution in [0.5, 0.6) is 0 Å². The van der Waals surface area contributed by atoms with Gasteiger partial charge in [-0.1, -0.05) is 30.1 Å².